The minimum Gasteiger partial charge on any atom is -0.489 e. The average molecular weight is 462 g/mol. The fourth-order valence-corrected chi connectivity index (χ4v) is 3.96. The summed E-state index contributed by atoms with van der Waals surface area (Å²) in [4.78, 5) is 13.1. The van der Waals surface area contributed by atoms with E-state index >= 15 is 0 Å². The van der Waals surface area contributed by atoms with E-state index in [4.69, 9.17) is 4.74 Å². The second-order valence-electron chi connectivity index (χ2n) is 6.77. The highest BCUT2D eigenvalue weighted by molar-refractivity contribution is 9.10. The number of rotatable bonds is 7. The van der Waals surface area contributed by atoms with Gasteiger partial charge in [-0.2, -0.15) is 5.10 Å². The predicted molar refractivity (Wildman–Crippen MR) is 116 cm³/mol. The van der Waals surface area contributed by atoms with Crippen LogP contribution in [-0.2, 0) is 13.2 Å². The Labute approximate surface area is 177 Å². The Bertz CT molecular complexity index is 994. The molecule has 0 radical (unpaired) electrons. The van der Waals surface area contributed by atoms with Crippen molar-refractivity contribution in [1.82, 2.24) is 15.1 Å². The Morgan fingerprint density at radius 1 is 1.29 bits per heavy atom. The van der Waals surface area contributed by atoms with Crippen molar-refractivity contribution in [2.24, 2.45) is 0 Å². The van der Waals surface area contributed by atoms with Gasteiger partial charge >= 0.3 is 0 Å². The van der Waals surface area contributed by atoms with Gasteiger partial charge in [-0.1, -0.05) is 12.1 Å². The maximum absolute atomic E-state index is 12.4. The number of carbonyl (C=O) groups is 1. The van der Waals surface area contributed by atoms with E-state index in [9.17, 15) is 4.79 Å². The number of thiophene rings is 1. The zero-order valence-electron chi connectivity index (χ0n) is 16.5. The first-order valence-corrected chi connectivity index (χ1v) is 10.8. The Balaban J connectivity index is 1.52. The van der Waals surface area contributed by atoms with E-state index in [0.717, 1.165) is 32.7 Å². The van der Waals surface area contributed by atoms with E-state index in [1.165, 1.54) is 16.9 Å². The molecule has 1 aromatic carbocycles. The Hall–Kier alpha value is -2.12. The van der Waals surface area contributed by atoms with Crippen molar-refractivity contribution in [1.29, 1.82) is 0 Å². The van der Waals surface area contributed by atoms with Crippen molar-refractivity contribution in [3.8, 4) is 5.75 Å². The molecule has 3 aromatic rings. The SMILES string of the molecule is Cc1cccc(OCc2csc(C(=O)NCCn3nc(C)c(Br)c3C)c2)c1C. The highest BCUT2D eigenvalue weighted by atomic mass is 79.9. The van der Waals surface area contributed by atoms with Gasteiger partial charge in [0.05, 0.1) is 21.6 Å². The predicted octanol–water partition coefficient (Wildman–Crippen LogP) is 4.95. The highest BCUT2D eigenvalue weighted by Gasteiger charge is 2.12. The van der Waals surface area contributed by atoms with Crippen molar-refractivity contribution < 1.29 is 9.53 Å². The molecule has 0 fully saturated rings. The number of nitrogens with one attached hydrogen (secondary N) is 1. The lowest BCUT2D eigenvalue weighted by Gasteiger charge is -2.09. The molecular weight excluding hydrogens is 438 g/mol. The minimum atomic E-state index is -0.0661. The van der Waals surface area contributed by atoms with Crippen molar-refractivity contribution in [2.45, 2.75) is 40.8 Å². The molecule has 0 spiro atoms. The molecule has 0 saturated carbocycles. The Morgan fingerprint density at radius 3 is 2.79 bits per heavy atom. The summed E-state index contributed by atoms with van der Waals surface area (Å²) in [5, 5.41) is 9.39. The lowest BCUT2D eigenvalue weighted by Crippen LogP contribution is -2.27. The summed E-state index contributed by atoms with van der Waals surface area (Å²) in [5.41, 5.74) is 5.37. The van der Waals surface area contributed by atoms with Crippen molar-refractivity contribution in [2.75, 3.05) is 6.54 Å². The molecule has 0 bridgehead atoms. The van der Waals surface area contributed by atoms with E-state index in [1.54, 1.807) is 0 Å². The fraction of sp³-hybridized carbons (Fsp3) is 0.333. The molecule has 0 aliphatic heterocycles. The van der Waals surface area contributed by atoms with Crippen LogP contribution in [-0.4, -0.2) is 22.2 Å². The second kappa shape index (κ2) is 8.92. The van der Waals surface area contributed by atoms with Crippen LogP contribution in [0, 0.1) is 27.7 Å². The van der Waals surface area contributed by atoms with Crippen LogP contribution in [0.1, 0.15) is 37.7 Å². The standard InChI is InChI=1S/C21H24BrN3O2S/c1-13-6-5-7-18(14(13)2)27-11-17-10-19(28-12-17)21(26)23-8-9-25-16(4)20(22)15(3)24-25/h5-7,10,12H,8-9,11H2,1-4H3,(H,23,26). The Kier molecular flexibility index (Phi) is 6.57. The highest BCUT2D eigenvalue weighted by Crippen LogP contribution is 2.23. The molecule has 3 rings (SSSR count). The average Bonchev–Trinajstić information content (AvgIpc) is 3.24. The van der Waals surface area contributed by atoms with E-state index in [-0.39, 0.29) is 5.91 Å². The molecule has 0 saturated heterocycles. The molecule has 28 heavy (non-hydrogen) atoms. The summed E-state index contributed by atoms with van der Waals surface area (Å²) >= 11 is 4.95. The van der Waals surface area contributed by atoms with E-state index < -0.39 is 0 Å². The van der Waals surface area contributed by atoms with Crippen molar-refractivity contribution in [3.05, 3.63) is 67.1 Å². The van der Waals surface area contributed by atoms with Gasteiger partial charge in [-0.05, 0) is 72.3 Å². The number of ether oxygens (including phenoxy) is 1. The maximum atomic E-state index is 12.4. The second-order valence-corrected chi connectivity index (χ2v) is 8.47. The molecule has 148 valence electrons. The van der Waals surface area contributed by atoms with E-state index in [1.807, 2.05) is 42.1 Å². The quantitative estimate of drug-likeness (QED) is 0.541. The number of aromatic nitrogens is 2. The number of amides is 1. The largest absolute Gasteiger partial charge is 0.489 e. The Morgan fingerprint density at radius 2 is 2.07 bits per heavy atom. The third-order valence-corrected chi connectivity index (χ3v) is 6.85. The molecule has 1 N–H and O–H groups in total. The lowest BCUT2D eigenvalue weighted by molar-refractivity contribution is 0.0956. The zero-order valence-corrected chi connectivity index (χ0v) is 18.9. The van der Waals surface area contributed by atoms with Crippen LogP contribution in [0.15, 0.2) is 34.1 Å². The summed E-state index contributed by atoms with van der Waals surface area (Å²) in [5.74, 6) is 0.817. The topological polar surface area (TPSA) is 56.1 Å². The number of benzene rings is 1. The van der Waals surface area contributed by atoms with Gasteiger partial charge in [0.2, 0.25) is 0 Å². The van der Waals surface area contributed by atoms with Crippen LogP contribution in [0.5, 0.6) is 5.75 Å². The molecular formula is C21H24BrN3O2S. The van der Waals surface area contributed by atoms with Crippen LogP contribution in [0.25, 0.3) is 0 Å². The van der Waals surface area contributed by atoms with Gasteiger partial charge in [0.1, 0.15) is 12.4 Å². The fourth-order valence-electron chi connectivity index (χ4n) is 2.87. The monoisotopic (exact) mass is 461 g/mol. The molecule has 1 amide bonds. The van der Waals surface area contributed by atoms with Gasteiger partial charge in [0, 0.05) is 17.8 Å². The molecule has 0 atom stereocenters. The molecule has 5 nitrogen and oxygen atoms in total. The number of hydrogen-bond donors (Lipinski definition) is 1. The first-order chi connectivity index (χ1) is 13.4. The van der Waals surface area contributed by atoms with Gasteiger partial charge < -0.3 is 10.1 Å². The molecule has 7 heteroatoms. The van der Waals surface area contributed by atoms with Gasteiger partial charge in [-0.25, -0.2) is 0 Å². The van der Waals surface area contributed by atoms with Gasteiger partial charge in [0.25, 0.3) is 5.91 Å². The van der Waals surface area contributed by atoms with Crippen LogP contribution < -0.4 is 10.1 Å². The van der Waals surface area contributed by atoms with Gasteiger partial charge in [-0.15, -0.1) is 11.3 Å². The van der Waals surface area contributed by atoms with Gasteiger partial charge in [0.15, 0.2) is 0 Å². The minimum absolute atomic E-state index is 0.0661. The maximum Gasteiger partial charge on any atom is 0.261 e. The lowest BCUT2D eigenvalue weighted by atomic mass is 10.1. The molecule has 0 unspecified atom stereocenters. The molecule has 0 aliphatic carbocycles. The van der Waals surface area contributed by atoms with E-state index in [0.29, 0.717) is 24.6 Å². The zero-order chi connectivity index (χ0) is 20.3. The smallest absolute Gasteiger partial charge is 0.261 e. The van der Waals surface area contributed by atoms with Crippen molar-refractivity contribution in [3.63, 3.8) is 0 Å². The summed E-state index contributed by atoms with van der Waals surface area (Å²) in [6.45, 7) is 9.71. The van der Waals surface area contributed by atoms with Gasteiger partial charge in [-0.3, -0.25) is 9.48 Å². The summed E-state index contributed by atoms with van der Waals surface area (Å²) in [7, 11) is 0. The first kappa shape index (κ1) is 20.6. The normalized spacial score (nSPS) is 10.9. The van der Waals surface area contributed by atoms with Crippen LogP contribution in [0.3, 0.4) is 0 Å². The third kappa shape index (κ3) is 4.64. The first-order valence-electron chi connectivity index (χ1n) is 9.11. The van der Waals surface area contributed by atoms with Crippen LogP contribution in [0.2, 0.25) is 0 Å². The molecule has 0 aliphatic rings. The summed E-state index contributed by atoms with van der Waals surface area (Å²) < 4.78 is 8.84. The summed E-state index contributed by atoms with van der Waals surface area (Å²) in [6, 6.07) is 7.93. The third-order valence-electron chi connectivity index (χ3n) is 4.73. The number of nitrogens with zero attached hydrogens (tertiary/aromatic N) is 2. The number of carbonyl (C=O) groups excluding carboxylic acids is 1. The molecule has 2 aromatic heterocycles. The summed E-state index contributed by atoms with van der Waals surface area (Å²) in [6.07, 6.45) is 0. The van der Waals surface area contributed by atoms with Crippen molar-refractivity contribution >= 4 is 33.2 Å². The van der Waals surface area contributed by atoms with Crippen LogP contribution >= 0.6 is 27.3 Å². The number of halogens is 1. The van der Waals surface area contributed by atoms with E-state index in [2.05, 4.69) is 46.3 Å². The molecule has 2 heterocycles. The number of hydrogen-bond acceptors (Lipinski definition) is 4. The number of aryl methyl sites for hydroxylation is 2. The van der Waals surface area contributed by atoms with Crippen LogP contribution in [0.4, 0.5) is 0 Å².